The number of hydrogen-bond donors (Lipinski definition) is 0. The lowest BCUT2D eigenvalue weighted by atomic mass is 9.93. The fraction of sp³-hybridized carbons (Fsp3) is 0.0588. The Bertz CT molecular complexity index is 2050. The SMILES string of the molecule is c1ccc2c(c1)Cc1c-2ccc2c1-c1ccc3c(c1C2)c1ccccc1n1c2ccccc2cc31. The summed E-state index contributed by atoms with van der Waals surface area (Å²) in [5.74, 6) is 0. The highest BCUT2D eigenvalue weighted by Gasteiger charge is 2.30. The normalized spacial score (nSPS) is 13.5. The molecule has 35 heavy (non-hydrogen) atoms. The van der Waals surface area contributed by atoms with Crippen LogP contribution in [0.25, 0.3) is 60.3 Å². The lowest BCUT2D eigenvalue weighted by Gasteiger charge is -2.14. The average molecular weight is 444 g/mol. The molecule has 0 saturated carbocycles. The molecule has 5 aromatic carbocycles. The van der Waals surface area contributed by atoms with Gasteiger partial charge in [-0.2, -0.15) is 0 Å². The molecule has 0 spiro atoms. The van der Waals surface area contributed by atoms with E-state index in [4.69, 9.17) is 0 Å². The van der Waals surface area contributed by atoms with Gasteiger partial charge in [0.05, 0.1) is 16.6 Å². The van der Waals surface area contributed by atoms with Crippen LogP contribution in [0.4, 0.5) is 0 Å². The molecule has 0 unspecified atom stereocenters. The quantitative estimate of drug-likeness (QED) is 0.207. The van der Waals surface area contributed by atoms with Crippen LogP contribution in [0.15, 0.2) is 103 Å². The molecule has 0 saturated heterocycles. The minimum Gasteiger partial charge on any atom is -0.309 e. The summed E-state index contributed by atoms with van der Waals surface area (Å²) < 4.78 is 2.45. The van der Waals surface area contributed by atoms with E-state index in [0.29, 0.717) is 0 Å². The van der Waals surface area contributed by atoms with Crippen molar-refractivity contribution in [1.29, 1.82) is 0 Å². The summed E-state index contributed by atoms with van der Waals surface area (Å²) in [7, 11) is 0. The van der Waals surface area contributed by atoms with Gasteiger partial charge in [0.15, 0.2) is 0 Å². The molecule has 2 aliphatic carbocycles. The molecular formula is C34H21N. The topological polar surface area (TPSA) is 4.41 Å². The third-order valence-corrected chi connectivity index (χ3v) is 8.42. The molecule has 0 radical (unpaired) electrons. The Hall–Kier alpha value is -4.36. The van der Waals surface area contributed by atoms with E-state index in [9.17, 15) is 0 Å². The molecular weight excluding hydrogens is 422 g/mol. The van der Waals surface area contributed by atoms with E-state index < -0.39 is 0 Å². The fourth-order valence-corrected chi connectivity index (χ4v) is 7.01. The van der Waals surface area contributed by atoms with E-state index in [1.807, 2.05) is 0 Å². The van der Waals surface area contributed by atoms with Gasteiger partial charge in [-0.05, 0) is 80.9 Å². The molecule has 0 amide bonds. The molecule has 2 aliphatic rings. The van der Waals surface area contributed by atoms with Crippen LogP contribution in [-0.2, 0) is 12.8 Å². The van der Waals surface area contributed by atoms with Crippen LogP contribution in [0.2, 0.25) is 0 Å². The first kappa shape index (κ1) is 18.0. The number of rotatable bonds is 0. The molecule has 1 nitrogen and oxygen atoms in total. The summed E-state index contributed by atoms with van der Waals surface area (Å²) >= 11 is 0. The summed E-state index contributed by atoms with van der Waals surface area (Å²) in [5.41, 5.74) is 15.6. The van der Waals surface area contributed by atoms with Crippen molar-refractivity contribution in [3.8, 4) is 22.3 Å². The zero-order valence-corrected chi connectivity index (χ0v) is 19.2. The maximum atomic E-state index is 2.45. The second kappa shape index (κ2) is 6.20. The van der Waals surface area contributed by atoms with E-state index in [0.717, 1.165) is 12.8 Å². The smallest absolute Gasteiger partial charge is 0.0547 e. The lowest BCUT2D eigenvalue weighted by molar-refractivity contribution is 1.24. The molecule has 1 heteroatoms. The van der Waals surface area contributed by atoms with E-state index in [1.165, 1.54) is 82.6 Å². The number of pyridine rings is 1. The highest BCUT2D eigenvalue weighted by Crippen LogP contribution is 2.50. The Morgan fingerprint density at radius 1 is 0.486 bits per heavy atom. The largest absolute Gasteiger partial charge is 0.309 e. The van der Waals surface area contributed by atoms with Gasteiger partial charge in [0.2, 0.25) is 0 Å². The summed E-state index contributed by atoms with van der Waals surface area (Å²) in [6.07, 6.45) is 2.04. The highest BCUT2D eigenvalue weighted by atomic mass is 14.9. The Morgan fingerprint density at radius 3 is 2.20 bits per heavy atom. The van der Waals surface area contributed by atoms with Crippen molar-refractivity contribution in [2.45, 2.75) is 12.8 Å². The Labute approximate surface area is 202 Å². The van der Waals surface area contributed by atoms with Crippen LogP contribution >= 0.6 is 0 Å². The minimum atomic E-state index is 1.01. The van der Waals surface area contributed by atoms with Gasteiger partial charge >= 0.3 is 0 Å². The van der Waals surface area contributed by atoms with E-state index in [-0.39, 0.29) is 0 Å². The molecule has 0 bridgehead atoms. The maximum absolute atomic E-state index is 2.45. The predicted molar refractivity (Wildman–Crippen MR) is 146 cm³/mol. The van der Waals surface area contributed by atoms with Gasteiger partial charge in [-0.25, -0.2) is 0 Å². The Balaban J connectivity index is 1.42. The van der Waals surface area contributed by atoms with Crippen molar-refractivity contribution >= 4 is 38.1 Å². The standard InChI is InChI=1S/C34H21N/c1-3-9-23-20(7-1)17-28-24(23)14-13-22-18-29-25(33(22)28)15-16-27-32-19-21-8-2-5-11-30(21)35(32)31-12-6-4-10-26(31)34(27)29/h1-16,19H,17-18H2. The average Bonchev–Trinajstić information content (AvgIpc) is 3.59. The van der Waals surface area contributed by atoms with Gasteiger partial charge in [0.1, 0.15) is 0 Å². The van der Waals surface area contributed by atoms with Crippen LogP contribution in [0.5, 0.6) is 0 Å². The second-order valence-corrected chi connectivity index (χ2v) is 10.1. The first-order valence-electron chi connectivity index (χ1n) is 12.5. The fourth-order valence-electron chi connectivity index (χ4n) is 7.01. The number of fused-ring (bicyclic) bond motifs is 16. The molecule has 0 atom stereocenters. The number of hydrogen-bond acceptors (Lipinski definition) is 0. The minimum absolute atomic E-state index is 1.01. The monoisotopic (exact) mass is 443 g/mol. The van der Waals surface area contributed by atoms with Gasteiger partial charge in [0, 0.05) is 16.2 Å². The third-order valence-electron chi connectivity index (χ3n) is 8.42. The van der Waals surface area contributed by atoms with Crippen LogP contribution in [0, 0.1) is 0 Å². The zero-order chi connectivity index (χ0) is 22.7. The second-order valence-electron chi connectivity index (χ2n) is 10.1. The summed E-state index contributed by atoms with van der Waals surface area (Å²) in [5, 5.41) is 5.42. The molecule has 0 N–H and O–H groups in total. The molecule has 0 fully saturated rings. The molecule has 0 aliphatic heterocycles. The third kappa shape index (κ3) is 2.15. The van der Waals surface area contributed by atoms with Crippen LogP contribution in [0.1, 0.15) is 22.3 Å². The van der Waals surface area contributed by atoms with Gasteiger partial charge in [-0.15, -0.1) is 0 Å². The number of nitrogens with zero attached hydrogens (tertiary/aromatic N) is 1. The Morgan fingerprint density at radius 2 is 1.23 bits per heavy atom. The first-order valence-corrected chi connectivity index (χ1v) is 12.5. The Kier molecular flexibility index (Phi) is 3.19. The number of aromatic nitrogens is 1. The molecule has 2 heterocycles. The summed E-state index contributed by atoms with van der Waals surface area (Å²) in [4.78, 5) is 0. The van der Waals surface area contributed by atoms with Gasteiger partial charge < -0.3 is 4.40 Å². The van der Waals surface area contributed by atoms with Crippen molar-refractivity contribution in [2.75, 3.05) is 0 Å². The van der Waals surface area contributed by atoms with Crippen molar-refractivity contribution in [3.63, 3.8) is 0 Å². The van der Waals surface area contributed by atoms with E-state index >= 15 is 0 Å². The maximum Gasteiger partial charge on any atom is 0.0547 e. The van der Waals surface area contributed by atoms with Crippen molar-refractivity contribution in [3.05, 3.63) is 125 Å². The van der Waals surface area contributed by atoms with Crippen molar-refractivity contribution in [2.24, 2.45) is 0 Å². The molecule has 7 aromatic rings. The first-order chi connectivity index (χ1) is 17.4. The van der Waals surface area contributed by atoms with Crippen LogP contribution in [0.3, 0.4) is 0 Å². The summed E-state index contributed by atoms with van der Waals surface area (Å²) in [6, 6.07) is 38.5. The number of benzene rings is 5. The van der Waals surface area contributed by atoms with Gasteiger partial charge in [0.25, 0.3) is 0 Å². The van der Waals surface area contributed by atoms with Gasteiger partial charge in [-0.1, -0.05) is 84.9 Å². The van der Waals surface area contributed by atoms with Crippen LogP contribution in [-0.4, -0.2) is 4.40 Å². The summed E-state index contributed by atoms with van der Waals surface area (Å²) in [6.45, 7) is 0. The van der Waals surface area contributed by atoms with Crippen LogP contribution < -0.4 is 0 Å². The molecule has 2 aromatic heterocycles. The lowest BCUT2D eigenvalue weighted by Crippen LogP contribution is -1.94. The van der Waals surface area contributed by atoms with E-state index in [2.05, 4.69) is 108 Å². The number of para-hydroxylation sites is 2. The highest BCUT2D eigenvalue weighted by molar-refractivity contribution is 6.19. The predicted octanol–water partition coefficient (Wildman–Crippen LogP) is 8.54. The van der Waals surface area contributed by atoms with Crippen molar-refractivity contribution < 1.29 is 0 Å². The van der Waals surface area contributed by atoms with Gasteiger partial charge in [-0.3, -0.25) is 0 Å². The van der Waals surface area contributed by atoms with Crippen molar-refractivity contribution in [1.82, 2.24) is 4.40 Å². The molecule has 9 rings (SSSR count). The molecule has 162 valence electrons. The zero-order valence-electron chi connectivity index (χ0n) is 19.2. The van der Waals surface area contributed by atoms with E-state index in [1.54, 1.807) is 0 Å².